The Morgan fingerprint density at radius 1 is 1.21 bits per heavy atom. The first-order valence-electron chi connectivity index (χ1n) is 8.19. The molecule has 0 radical (unpaired) electrons. The summed E-state index contributed by atoms with van der Waals surface area (Å²) in [6, 6.07) is 10.2. The van der Waals surface area contributed by atoms with Crippen LogP contribution in [0.5, 0.6) is 5.75 Å². The van der Waals surface area contributed by atoms with Crippen molar-refractivity contribution in [1.82, 2.24) is 9.62 Å². The standard InChI is InChI=1S/C18H20ClFN2O4S2/c1-22(2)18(23)12-26-17-8-5-14(11-16(17)20)27-10-9-21-28(24,25)15-6-3-13(19)4-7-15/h3-8,11,21H,9-10,12H2,1-2H3. The van der Waals surface area contributed by atoms with E-state index < -0.39 is 15.8 Å². The number of sulfonamides is 1. The lowest BCUT2D eigenvalue weighted by Crippen LogP contribution is -2.27. The maximum absolute atomic E-state index is 14.1. The van der Waals surface area contributed by atoms with Crippen molar-refractivity contribution in [2.45, 2.75) is 9.79 Å². The van der Waals surface area contributed by atoms with Crippen molar-refractivity contribution in [3.05, 3.63) is 53.3 Å². The van der Waals surface area contributed by atoms with E-state index in [4.69, 9.17) is 16.3 Å². The van der Waals surface area contributed by atoms with E-state index in [1.54, 1.807) is 20.2 Å². The summed E-state index contributed by atoms with van der Waals surface area (Å²) in [5.74, 6) is -0.460. The van der Waals surface area contributed by atoms with Gasteiger partial charge < -0.3 is 9.64 Å². The van der Waals surface area contributed by atoms with Gasteiger partial charge in [-0.3, -0.25) is 4.79 Å². The van der Waals surface area contributed by atoms with Crippen LogP contribution in [0.4, 0.5) is 4.39 Å². The van der Waals surface area contributed by atoms with Gasteiger partial charge in [-0.05, 0) is 42.5 Å². The van der Waals surface area contributed by atoms with Gasteiger partial charge in [-0.25, -0.2) is 17.5 Å². The third kappa shape index (κ3) is 6.66. The Morgan fingerprint density at radius 2 is 1.89 bits per heavy atom. The molecule has 1 amide bonds. The van der Waals surface area contributed by atoms with Gasteiger partial charge >= 0.3 is 0 Å². The summed E-state index contributed by atoms with van der Waals surface area (Å²) in [6.07, 6.45) is 0. The van der Waals surface area contributed by atoms with Gasteiger partial charge in [0.25, 0.3) is 5.91 Å². The molecule has 2 aromatic rings. The maximum Gasteiger partial charge on any atom is 0.259 e. The van der Waals surface area contributed by atoms with Gasteiger partial charge in [-0.15, -0.1) is 11.8 Å². The highest BCUT2D eigenvalue weighted by Crippen LogP contribution is 2.25. The van der Waals surface area contributed by atoms with Crippen molar-refractivity contribution in [2.75, 3.05) is 33.0 Å². The quantitative estimate of drug-likeness (QED) is 0.473. The van der Waals surface area contributed by atoms with Crippen LogP contribution in [0.3, 0.4) is 0 Å². The largest absolute Gasteiger partial charge is 0.481 e. The second-order valence-electron chi connectivity index (χ2n) is 5.87. The molecule has 0 atom stereocenters. The molecule has 0 aliphatic heterocycles. The monoisotopic (exact) mass is 446 g/mol. The van der Waals surface area contributed by atoms with Crippen LogP contribution in [0.25, 0.3) is 0 Å². The molecule has 28 heavy (non-hydrogen) atoms. The number of ether oxygens (including phenoxy) is 1. The summed E-state index contributed by atoms with van der Waals surface area (Å²) in [5, 5.41) is 0.454. The molecule has 0 saturated carbocycles. The number of amides is 1. The van der Waals surface area contributed by atoms with E-state index in [0.29, 0.717) is 15.7 Å². The van der Waals surface area contributed by atoms with Gasteiger partial charge in [0.1, 0.15) is 0 Å². The number of nitrogens with zero attached hydrogens (tertiary/aromatic N) is 1. The summed E-state index contributed by atoms with van der Waals surface area (Å²) in [6.45, 7) is -0.0737. The second-order valence-corrected chi connectivity index (χ2v) is 9.24. The molecule has 0 saturated heterocycles. The molecule has 1 N–H and O–H groups in total. The van der Waals surface area contributed by atoms with Gasteiger partial charge in [0.2, 0.25) is 10.0 Å². The molecule has 0 bridgehead atoms. The number of nitrogens with one attached hydrogen (secondary N) is 1. The minimum atomic E-state index is -3.62. The lowest BCUT2D eigenvalue weighted by atomic mass is 10.3. The number of halogens is 2. The van der Waals surface area contributed by atoms with Crippen LogP contribution in [0.1, 0.15) is 0 Å². The minimum Gasteiger partial charge on any atom is -0.481 e. The molecule has 0 spiro atoms. The van der Waals surface area contributed by atoms with E-state index in [1.807, 2.05) is 0 Å². The van der Waals surface area contributed by atoms with Crippen LogP contribution >= 0.6 is 23.4 Å². The molecule has 0 aliphatic rings. The Hall–Kier alpha value is -1.81. The zero-order chi connectivity index (χ0) is 20.7. The first-order chi connectivity index (χ1) is 13.2. The van der Waals surface area contributed by atoms with Crippen molar-refractivity contribution in [2.24, 2.45) is 0 Å². The third-order valence-corrected chi connectivity index (χ3v) is 6.26. The fourth-order valence-corrected chi connectivity index (χ4v) is 4.08. The number of carbonyl (C=O) groups excluding carboxylic acids is 1. The highest BCUT2D eigenvalue weighted by atomic mass is 35.5. The molecule has 0 unspecified atom stereocenters. The predicted molar refractivity (Wildman–Crippen MR) is 108 cm³/mol. The van der Waals surface area contributed by atoms with Crippen molar-refractivity contribution in [1.29, 1.82) is 0 Å². The summed E-state index contributed by atoms with van der Waals surface area (Å²) >= 11 is 7.04. The van der Waals surface area contributed by atoms with Crippen molar-refractivity contribution < 1.29 is 22.3 Å². The maximum atomic E-state index is 14.1. The van der Waals surface area contributed by atoms with Crippen molar-refractivity contribution >= 4 is 39.3 Å². The number of thioether (sulfide) groups is 1. The molecular formula is C18H20ClFN2O4S2. The number of carbonyl (C=O) groups is 1. The highest BCUT2D eigenvalue weighted by Gasteiger charge is 2.13. The second kappa shape index (κ2) is 10.1. The normalized spacial score (nSPS) is 11.3. The molecule has 6 nitrogen and oxygen atoms in total. The summed E-state index contributed by atoms with van der Waals surface area (Å²) in [5.41, 5.74) is 0. The predicted octanol–water partition coefficient (Wildman–Crippen LogP) is 3.02. The average molecular weight is 447 g/mol. The number of benzene rings is 2. The van der Waals surface area contributed by atoms with Crippen molar-refractivity contribution in [3.63, 3.8) is 0 Å². The minimum absolute atomic E-state index is 0.0111. The van der Waals surface area contributed by atoms with Crippen LogP contribution in [0.2, 0.25) is 5.02 Å². The number of hydrogen-bond acceptors (Lipinski definition) is 5. The van der Waals surface area contributed by atoms with E-state index in [-0.39, 0.29) is 29.7 Å². The Kier molecular flexibility index (Phi) is 8.11. The Balaban J connectivity index is 1.83. The van der Waals surface area contributed by atoms with Gasteiger partial charge in [0.15, 0.2) is 18.2 Å². The third-order valence-electron chi connectivity index (χ3n) is 3.54. The molecule has 2 aromatic carbocycles. The van der Waals surface area contributed by atoms with Crippen LogP contribution in [-0.4, -0.2) is 52.2 Å². The zero-order valence-corrected chi connectivity index (χ0v) is 17.7. The van der Waals surface area contributed by atoms with Crippen LogP contribution < -0.4 is 9.46 Å². The molecule has 0 fully saturated rings. The van der Waals surface area contributed by atoms with Crippen LogP contribution in [0, 0.1) is 5.82 Å². The van der Waals surface area contributed by atoms with Gasteiger partial charge in [0.05, 0.1) is 4.90 Å². The van der Waals surface area contributed by atoms with Gasteiger partial charge in [-0.2, -0.15) is 0 Å². The molecule has 0 heterocycles. The summed E-state index contributed by atoms with van der Waals surface area (Å²) in [4.78, 5) is 13.6. The summed E-state index contributed by atoms with van der Waals surface area (Å²) in [7, 11) is -0.448. The summed E-state index contributed by atoms with van der Waals surface area (Å²) < 4.78 is 46.0. The SMILES string of the molecule is CN(C)C(=O)COc1ccc(SCCNS(=O)(=O)c2ccc(Cl)cc2)cc1F. The van der Waals surface area contributed by atoms with E-state index in [9.17, 15) is 17.6 Å². The van der Waals surface area contributed by atoms with E-state index in [2.05, 4.69) is 4.72 Å². The smallest absolute Gasteiger partial charge is 0.259 e. The van der Waals surface area contributed by atoms with Gasteiger partial charge in [0, 0.05) is 36.3 Å². The Morgan fingerprint density at radius 3 is 2.50 bits per heavy atom. The molecular weight excluding hydrogens is 427 g/mol. The van der Waals surface area contributed by atoms with Gasteiger partial charge in [-0.1, -0.05) is 11.6 Å². The van der Waals surface area contributed by atoms with E-state index >= 15 is 0 Å². The number of rotatable bonds is 9. The average Bonchev–Trinajstić information content (AvgIpc) is 2.64. The molecule has 0 aromatic heterocycles. The first-order valence-corrected chi connectivity index (χ1v) is 11.0. The highest BCUT2D eigenvalue weighted by molar-refractivity contribution is 7.99. The zero-order valence-electron chi connectivity index (χ0n) is 15.3. The van der Waals surface area contributed by atoms with E-state index in [0.717, 1.165) is 0 Å². The lowest BCUT2D eigenvalue weighted by Gasteiger charge is -2.12. The van der Waals surface area contributed by atoms with Crippen LogP contribution in [0.15, 0.2) is 52.3 Å². The topological polar surface area (TPSA) is 75.7 Å². The molecule has 10 heteroatoms. The first kappa shape index (κ1) is 22.5. The molecule has 2 rings (SSSR count). The number of likely N-dealkylation sites (N-methyl/N-ethyl adjacent to an activating group) is 1. The fourth-order valence-electron chi connectivity index (χ4n) is 2.00. The van der Waals surface area contributed by atoms with E-state index in [1.165, 1.54) is 53.1 Å². The molecule has 152 valence electrons. The lowest BCUT2D eigenvalue weighted by molar-refractivity contribution is -0.130. The fraction of sp³-hybridized carbons (Fsp3) is 0.278. The number of hydrogen-bond donors (Lipinski definition) is 1. The van der Waals surface area contributed by atoms with Crippen LogP contribution in [-0.2, 0) is 14.8 Å². The Labute approximate surface area is 173 Å². The van der Waals surface area contributed by atoms with Crippen molar-refractivity contribution in [3.8, 4) is 5.75 Å². The Bertz CT molecular complexity index is 922. The molecule has 0 aliphatic carbocycles.